The molecule has 1 aromatic heterocycles. The first kappa shape index (κ1) is 20.1. The molecule has 1 aliphatic rings. The molecule has 1 aromatic rings. The van der Waals surface area contributed by atoms with Crippen LogP contribution in [0.2, 0.25) is 0 Å². The lowest BCUT2D eigenvalue weighted by Gasteiger charge is -2.36. The van der Waals surface area contributed by atoms with Gasteiger partial charge in [-0.25, -0.2) is 9.97 Å². The van der Waals surface area contributed by atoms with Crippen LogP contribution in [-0.2, 0) is 14.3 Å². The summed E-state index contributed by atoms with van der Waals surface area (Å²) in [5, 5.41) is 9.96. The van der Waals surface area contributed by atoms with Crippen LogP contribution in [0.1, 0.15) is 44.6 Å². The molecule has 8 nitrogen and oxygen atoms in total. The first-order valence-corrected chi connectivity index (χ1v) is 9.04. The maximum Gasteiger partial charge on any atom is 0.308 e. The Balaban J connectivity index is 1.94. The van der Waals surface area contributed by atoms with Crippen LogP contribution in [0.25, 0.3) is 0 Å². The monoisotopic (exact) mass is 364 g/mol. The molecule has 1 N–H and O–H groups in total. The molecule has 2 rings (SSSR count). The van der Waals surface area contributed by atoms with E-state index in [0.717, 1.165) is 17.3 Å². The van der Waals surface area contributed by atoms with Crippen LogP contribution < -0.4 is 4.90 Å². The second kappa shape index (κ2) is 8.93. The van der Waals surface area contributed by atoms with E-state index in [0.29, 0.717) is 26.2 Å². The number of ether oxygens (including phenoxy) is 1. The molecule has 1 amide bonds. The summed E-state index contributed by atoms with van der Waals surface area (Å²) < 4.78 is 4.77. The van der Waals surface area contributed by atoms with Crippen molar-refractivity contribution < 1.29 is 19.4 Å². The Kier molecular flexibility index (Phi) is 6.90. The van der Waals surface area contributed by atoms with E-state index in [1.54, 1.807) is 11.8 Å². The van der Waals surface area contributed by atoms with Gasteiger partial charge < -0.3 is 19.6 Å². The molecule has 0 aromatic carbocycles. The van der Waals surface area contributed by atoms with Crippen LogP contribution >= 0.6 is 0 Å². The molecular weight excluding hydrogens is 336 g/mol. The molecule has 0 spiro atoms. The number of aryl methyl sites for hydroxylation is 1. The van der Waals surface area contributed by atoms with Crippen molar-refractivity contribution in [3.8, 4) is 0 Å². The fraction of sp³-hybridized carbons (Fsp3) is 0.667. The molecule has 2 heterocycles. The average molecular weight is 364 g/mol. The first-order valence-electron chi connectivity index (χ1n) is 9.04. The number of aliphatic hydroxyl groups is 1. The van der Waals surface area contributed by atoms with E-state index in [9.17, 15) is 14.7 Å². The fourth-order valence-electron chi connectivity index (χ4n) is 2.83. The average Bonchev–Trinajstić information content (AvgIpc) is 2.60. The lowest BCUT2D eigenvalue weighted by atomic mass is 10.2. The highest BCUT2D eigenvalue weighted by Crippen LogP contribution is 2.19. The van der Waals surface area contributed by atoms with Crippen molar-refractivity contribution in [2.45, 2.75) is 46.1 Å². The lowest BCUT2D eigenvalue weighted by molar-refractivity contribution is -0.152. The highest BCUT2D eigenvalue weighted by molar-refractivity contribution is 5.85. The third kappa shape index (κ3) is 5.14. The Bertz CT molecular complexity index is 642. The standard InChI is InChI=1S/C18H28N4O4/c1-5-26-16(24)11-14(23)18(25)22-8-6-21(7-9-22)15-10-13(4)19-17(20-15)12(2)3/h10,12,14,23H,5-9,11H2,1-4H3/t14-/m1/s1. The van der Waals surface area contributed by atoms with Gasteiger partial charge in [0.15, 0.2) is 0 Å². The Hall–Kier alpha value is -2.22. The summed E-state index contributed by atoms with van der Waals surface area (Å²) in [6, 6.07) is 1.94. The van der Waals surface area contributed by atoms with Crippen molar-refractivity contribution in [3.63, 3.8) is 0 Å². The maximum absolute atomic E-state index is 12.3. The third-order valence-electron chi connectivity index (χ3n) is 4.24. The molecule has 0 unspecified atom stereocenters. The molecule has 0 saturated carbocycles. The van der Waals surface area contributed by atoms with Gasteiger partial charge in [0.1, 0.15) is 17.7 Å². The number of carbonyl (C=O) groups is 2. The Morgan fingerprint density at radius 3 is 2.46 bits per heavy atom. The van der Waals surface area contributed by atoms with Crippen molar-refractivity contribution in [1.29, 1.82) is 0 Å². The molecule has 1 saturated heterocycles. The van der Waals surface area contributed by atoms with Crippen LogP contribution in [-0.4, -0.2) is 70.7 Å². The summed E-state index contributed by atoms with van der Waals surface area (Å²) in [5.74, 6) is 0.919. The normalized spacial score (nSPS) is 15.9. The zero-order valence-electron chi connectivity index (χ0n) is 15.9. The van der Waals surface area contributed by atoms with Gasteiger partial charge in [-0.3, -0.25) is 9.59 Å². The van der Waals surface area contributed by atoms with E-state index >= 15 is 0 Å². The van der Waals surface area contributed by atoms with Gasteiger partial charge in [-0.15, -0.1) is 0 Å². The summed E-state index contributed by atoms with van der Waals surface area (Å²) in [6.07, 6.45) is -1.66. The summed E-state index contributed by atoms with van der Waals surface area (Å²) >= 11 is 0. The quantitative estimate of drug-likeness (QED) is 0.748. The van der Waals surface area contributed by atoms with E-state index in [1.807, 2.05) is 13.0 Å². The van der Waals surface area contributed by atoms with Crippen LogP contribution in [0.5, 0.6) is 0 Å². The zero-order chi connectivity index (χ0) is 19.3. The number of carbonyl (C=O) groups excluding carboxylic acids is 2. The number of amides is 1. The van der Waals surface area contributed by atoms with Gasteiger partial charge in [-0.2, -0.15) is 0 Å². The highest BCUT2D eigenvalue weighted by Gasteiger charge is 2.28. The molecule has 1 aliphatic heterocycles. The number of hydrogen-bond donors (Lipinski definition) is 1. The third-order valence-corrected chi connectivity index (χ3v) is 4.24. The second-order valence-corrected chi connectivity index (χ2v) is 6.72. The topological polar surface area (TPSA) is 95.9 Å². The van der Waals surface area contributed by atoms with E-state index < -0.39 is 18.0 Å². The van der Waals surface area contributed by atoms with Crippen LogP contribution in [0.15, 0.2) is 6.07 Å². The summed E-state index contributed by atoms with van der Waals surface area (Å²) in [5.41, 5.74) is 0.919. The number of aromatic nitrogens is 2. The van der Waals surface area contributed by atoms with Gasteiger partial charge in [0.25, 0.3) is 5.91 Å². The smallest absolute Gasteiger partial charge is 0.308 e. The fourth-order valence-corrected chi connectivity index (χ4v) is 2.83. The summed E-state index contributed by atoms with van der Waals surface area (Å²) in [7, 11) is 0. The van der Waals surface area contributed by atoms with Gasteiger partial charge >= 0.3 is 5.97 Å². The Labute approximate surface area is 154 Å². The minimum absolute atomic E-state index is 0.231. The Morgan fingerprint density at radius 1 is 1.23 bits per heavy atom. The van der Waals surface area contributed by atoms with Gasteiger partial charge in [-0.1, -0.05) is 13.8 Å². The number of piperazine rings is 1. The molecule has 1 atom stereocenters. The first-order chi connectivity index (χ1) is 12.3. The van der Waals surface area contributed by atoms with Gasteiger partial charge in [-0.05, 0) is 13.8 Å². The van der Waals surface area contributed by atoms with Crippen molar-refractivity contribution in [3.05, 3.63) is 17.6 Å². The van der Waals surface area contributed by atoms with Gasteiger partial charge in [0.05, 0.1) is 13.0 Å². The summed E-state index contributed by atoms with van der Waals surface area (Å²) in [4.78, 5) is 36.5. The predicted octanol–water partition coefficient (Wildman–Crippen LogP) is 0.871. The minimum atomic E-state index is -1.35. The van der Waals surface area contributed by atoms with E-state index in [-0.39, 0.29) is 18.9 Å². The van der Waals surface area contributed by atoms with E-state index in [4.69, 9.17) is 4.74 Å². The number of hydrogen-bond acceptors (Lipinski definition) is 7. The largest absolute Gasteiger partial charge is 0.466 e. The summed E-state index contributed by atoms with van der Waals surface area (Å²) in [6.45, 7) is 10.2. The highest BCUT2D eigenvalue weighted by atomic mass is 16.5. The van der Waals surface area contributed by atoms with Crippen molar-refractivity contribution in [1.82, 2.24) is 14.9 Å². The van der Waals surface area contributed by atoms with E-state index in [2.05, 4.69) is 28.7 Å². The molecule has 26 heavy (non-hydrogen) atoms. The molecule has 144 valence electrons. The molecule has 0 aliphatic carbocycles. The minimum Gasteiger partial charge on any atom is -0.466 e. The number of anilines is 1. The van der Waals surface area contributed by atoms with Crippen LogP contribution in [0.3, 0.4) is 0 Å². The SMILES string of the molecule is CCOC(=O)C[C@@H](O)C(=O)N1CCN(c2cc(C)nc(C(C)C)n2)CC1. The van der Waals surface area contributed by atoms with E-state index in [1.165, 1.54) is 0 Å². The van der Waals surface area contributed by atoms with Crippen LogP contribution in [0, 0.1) is 6.92 Å². The van der Waals surface area contributed by atoms with Gasteiger partial charge in [0, 0.05) is 43.9 Å². The van der Waals surface area contributed by atoms with Crippen molar-refractivity contribution >= 4 is 17.7 Å². The van der Waals surface area contributed by atoms with Crippen LogP contribution in [0.4, 0.5) is 5.82 Å². The molecule has 0 bridgehead atoms. The Morgan fingerprint density at radius 2 is 1.88 bits per heavy atom. The predicted molar refractivity (Wildman–Crippen MR) is 96.9 cm³/mol. The molecular formula is C18H28N4O4. The number of esters is 1. The molecule has 8 heteroatoms. The maximum atomic E-state index is 12.3. The second-order valence-electron chi connectivity index (χ2n) is 6.72. The molecule has 1 fully saturated rings. The zero-order valence-corrected chi connectivity index (χ0v) is 15.9. The number of nitrogens with zero attached hydrogens (tertiary/aromatic N) is 4. The lowest BCUT2D eigenvalue weighted by Crippen LogP contribution is -2.52. The molecule has 0 radical (unpaired) electrons. The van der Waals surface area contributed by atoms with Gasteiger partial charge in [0.2, 0.25) is 0 Å². The van der Waals surface area contributed by atoms with Crippen molar-refractivity contribution in [2.75, 3.05) is 37.7 Å². The van der Waals surface area contributed by atoms with Crippen molar-refractivity contribution in [2.24, 2.45) is 0 Å². The number of rotatable bonds is 6. The number of aliphatic hydroxyl groups excluding tert-OH is 1.